The highest BCUT2D eigenvalue weighted by atomic mass is 16.2. The average molecular weight is 266 g/mol. The Bertz CT molecular complexity index is 297. The van der Waals surface area contributed by atoms with Crippen LogP contribution >= 0.6 is 0 Å². The van der Waals surface area contributed by atoms with Crippen molar-refractivity contribution >= 4 is 5.91 Å². The number of hydrogen-bond donors (Lipinski definition) is 1. The second-order valence-electron chi connectivity index (χ2n) is 6.67. The molecule has 2 aliphatic rings. The Morgan fingerprint density at radius 1 is 1.26 bits per heavy atom. The largest absolute Gasteiger partial charge is 0.326 e. The normalized spacial score (nSPS) is 28.8. The van der Waals surface area contributed by atoms with Crippen molar-refractivity contribution in [3.05, 3.63) is 0 Å². The maximum Gasteiger partial charge on any atom is 0.241 e. The van der Waals surface area contributed by atoms with Gasteiger partial charge in [0, 0.05) is 6.54 Å². The second kappa shape index (κ2) is 6.74. The fourth-order valence-electron chi connectivity index (χ4n) is 3.62. The number of nitrogens with zero attached hydrogens (tertiary/aromatic N) is 1. The molecule has 0 radical (unpaired) electrons. The number of carbonyl (C=O) groups excluding carboxylic acids is 1. The van der Waals surface area contributed by atoms with Crippen LogP contribution in [0.25, 0.3) is 0 Å². The molecule has 110 valence electrons. The molecule has 1 saturated carbocycles. The summed E-state index contributed by atoms with van der Waals surface area (Å²) in [6, 6.07) is 0.0704. The highest BCUT2D eigenvalue weighted by molar-refractivity contribution is 5.84. The van der Waals surface area contributed by atoms with Gasteiger partial charge in [-0.2, -0.15) is 0 Å². The van der Waals surface area contributed by atoms with Crippen molar-refractivity contribution in [2.45, 2.75) is 77.9 Å². The Morgan fingerprint density at radius 3 is 2.53 bits per heavy atom. The van der Waals surface area contributed by atoms with E-state index in [1.54, 1.807) is 0 Å². The van der Waals surface area contributed by atoms with E-state index in [1.807, 2.05) is 0 Å². The zero-order valence-corrected chi connectivity index (χ0v) is 12.8. The van der Waals surface area contributed by atoms with Gasteiger partial charge < -0.3 is 4.90 Å². The standard InChI is InChI=1S/C16H30N2O/c1-4-7-14-16(19)18(15(17-14)12(2)3)11-10-13-8-5-6-9-13/h12-15,17H,4-11H2,1-3H3. The molecular weight excluding hydrogens is 236 g/mol. The fraction of sp³-hybridized carbons (Fsp3) is 0.938. The topological polar surface area (TPSA) is 32.3 Å². The van der Waals surface area contributed by atoms with Crippen LogP contribution in [-0.4, -0.2) is 29.6 Å². The molecule has 1 aliphatic carbocycles. The Labute approximate surface area is 118 Å². The van der Waals surface area contributed by atoms with Crippen molar-refractivity contribution in [2.75, 3.05) is 6.54 Å². The van der Waals surface area contributed by atoms with Gasteiger partial charge in [-0.1, -0.05) is 52.9 Å². The molecule has 0 aromatic rings. The van der Waals surface area contributed by atoms with Crippen molar-refractivity contribution in [3.8, 4) is 0 Å². The first-order chi connectivity index (χ1) is 9.13. The molecule has 1 aliphatic heterocycles. The Morgan fingerprint density at radius 2 is 1.95 bits per heavy atom. The Balaban J connectivity index is 1.92. The Kier molecular flexibility index (Phi) is 5.26. The molecular formula is C16H30N2O. The quantitative estimate of drug-likeness (QED) is 0.801. The summed E-state index contributed by atoms with van der Waals surface area (Å²) in [5, 5.41) is 3.54. The molecule has 1 saturated heterocycles. The van der Waals surface area contributed by atoms with Gasteiger partial charge in [0.15, 0.2) is 0 Å². The lowest BCUT2D eigenvalue weighted by Crippen LogP contribution is -2.42. The summed E-state index contributed by atoms with van der Waals surface area (Å²) >= 11 is 0. The van der Waals surface area contributed by atoms with Gasteiger partial charge in [0.25, 0.3) is 0 Å². The Hall–Kier alpha value is -0.570. The van der Waals surface area contributed by atoms with E-state index in [1.165, 1.54) is 32.1 Å². The van der Waals surface area contributed by atoms with Crippen LogP contribution in [-0.2, 0) is 4.79 Å². The number of nitrogens with one attached hydrogen (secondary N) is 1. The molecule has 2 unspecified atom stereocenters. The summed E-state index contributed by atoms with van der Waals surface area (Å²) in [4.78, 5) is 14.6. The number of rotatable bonds is 6. The zero-order valence-electron chi connectivity index (χ0n) is 12.8. The van der Waals surface area contributed by atoms with E-state index in [9.17, 15) is 4.79 Å². The van der Waals surface area contributed by atoms with Crippen molar-refractivity contribution in [3.63, 3.8) is 0 Å². The van der Waals surface area contributed by atoms with Crippen LogP contribution in [0.4, 0.5) is 0 Å². The van der Waals surface area contributed by atoms with Gasteiger partial charge in [0.2, 0.25) is 5.91 Å². The molecule has 19 heavy (non-hydrogen) atoms. The summed E-state index contributed by atoms with van der Waals surface area (Å²) in [6.45, 7) is 7.53. The van der Waals surface area contributed by atoms with E-state index in [2.05, 4.69) is 31.0 Å². The van der Waals surface area contributed by atoms with Gasteiger partial charge in [-0.15, -0.1) is 0 Å². The first-order valence-electron chi connectivity index (χ1n) is 8.20. The number of amides is 1. The zero-order chi connectivity index (χ0) is 13.8. The van der Waals surface area contributed by atoms with Crippen LogP contribution in [0.5, 0.6) is 0 Å². The van der Waals surface area contributed by atoms with Gasteiger partial charge in [-0.3, -0.25) is 10.1 Å². The van der Waals surface area contributed by atoms with E-state index >= 15 is 0 Å². The minimum absolute atomic E-state index is 0.0704. The van der Waals surface area contributed by atoms with Gasteiger partial charge >= 0.3 is 0 Å². The maximum atomic E-state index is 12.5. The van der Waals surface area contributed by atoms with Gasteiger partial charge in [0.1, 0.15) is 0 Å². The van der Waals surface area contributed by atoms with Crippen LogP contribution in [0.3, 0.4) is 0 Å². The molecule has 3 nitrogen and oxygen atoms in total. The van der Waals surface area contributed by atoms with E-state index < -0.39 is 0 Å². The van der Waals surface area contributed by atoms with Gasteiger partial charge in [-0.25, -0.2) is 0 Å². The van der Waals surface area contributed by atoms with E-state index in [-0.39, 0.29) is 12.2 Å². The lowest BCUT2D eigenvalue weighted by Gasteiger charge is -2.28. The number of hydrogen-bond acceptors (Lipinski definition) is 2. The average Bonchev–Trinajstić information content (AvgIpc) is 2.97. The van der Waals surface area contributed by atoms with Crippen LogP contribution in [0.1, 0.15) is 65.7 Å². The first kappa shape index (κ1) is 14.8. The fourth-order valence-corrected chi connectivity index (χ4v) is 3.62. The predicted octanol–water partition coefficient (Wildman–Crippen LogP) is 3.15. The van der Waals surface area contributed by atoms with E-state index in [0.717, 1.165) is 25.3 Å². The minimum atomic E-state index is 0.0704. The SMILES string of the molecule is CCCC1NC(C(C)C)N(CCC2CCCC2)C1=O. The molecule has 0 bridgehead atoms. The molecule has 0 aromatic heterocycles. The summed E-state index contributed by atoms with van der Waals surface area (Å²) in [6.07, 6.45) is 9.04. The van der Waals surface area contributed by atoms with Crippen LogP contribution in [0.15, 0.2) is 0 Å². The summed E-state index contributed by atoms with van der Waals surface area (Å²) < 4.78 is 0. The van der Waals surface area contributed by atoms with Crippen LogP contribution in [0.2, 0.25) is 0 Å². The third-order valence-corrected chi connectivity index (χ3v) is 4.75. The highest BCUT2D eigenvalue weighted by Gasteiger charge is 2.39. The molecule has 0 aromatic carbocycles. The highest BCUT2D eigenvalue weighted by Crippen LogP contribution is 2.29. The lowest BCUT2D eigenvalue weighted by atomic mass is 10.0. The second-order valence-corrected chi connectivity index (χ2v) is 6.67. The molecule has 1 amide bonds. The van der Waals surface area contributed by atoms with Crippen molar-refractivity contribution in [1.29, 1.82) is 0 Å². The molecule has 1 heterocycles. The summed E-state index contributed by atoms with van der Waals surface area (Å²) in [7, 11) is 0. The predicted molar refractivity (Wildman–Crippen MR) is 78.7 cm³/mol. The first-order valence-corrected chi connectivity index (χ1v) is 8.20. The van der Waals surface area contributed by atoms with Gasteiger partial charge in [-0.05, 0) is 24.7 Å². The van der Waals surface area contributed by atoms with Crippen molar-refractivity contribution in [2.24, 2.45) is 11.8 Å². The summed E-state index contributed by atoms with van der Waals surface area (Å²) in [5.74, 6) is 1.71. The lowest BCUT2D eigenvalue weighted by molar-refractivity contribution is -0.130. The van der Waals surface area contributed by atoms with Gasteiger partial charge in [0.05, 0.1) is 12.2 Å². The monoisotopic (exact) mass is 266 g/mol. The number of carbonyl (C=O) groups is 1. The van der Waals surface area contributed by atoms with E-state index in [4.69, 9.17) is 0 Å². The van der Waals surface area contributed by atoms with Crippen molar-refractivity contribution < 1.29 is 4.79 Å². The third kappa shape index (κ3) is 3.50. The smallest absolute Gasteiger partial charge is 0.241 e. The van der Waals surface area contributed by atoms with Crippen molar-refractivity contribution in [1.82, 2.24) is 10.2 Å². The summed E-state index contributed by atoms with van der Waals surface area (Å²) in [5.41, 5.74) is 0. The molecule has 2 fully saturated rings. The molecule has 3 heteroatoms. The van der Waals surface area contributed by atoms with Crippen LogP contribution < -0.4 is 5.32 Å². The molecule has 1 N–H and O–H groups in total. The minimum Gasteiger partial charge on any atom is -0.326 e. The third-order valence-electron chi connectivity index (χ3n) is 4.75. The molecule has 2 rings (SSSR count). The maximum absolute atomic E-state index is 12.5. The van der Waals surface area contributed by atoms with Crippen LogP contribution in [0, 0.1) is 11.8 Å². The molecule has 0 spiro atoms. The van der Waals surface area contributed by atoms with E-state index in [0.29, 0.717) is 11.8 Å². The molecule has 2 atom stereocenters.